The molecule has 36 heavy (non-hydrogen) atoms. The van der Waals surface area contributed by atoms with Crippen molar-refractivity contribution in [3.63, 3.8) is 0 Å². The van der Waals surface area contributed by atoms with Crippen molar-refractivity contribution in [3.8, 4) is 5.75 Å². The Bertz CT molecular complexity index is 1050. The number of hydrogen-bond acceptors (Lipinski definition) is 6. The molecule has 1 unspecified atom stereocenters. The number of benzene rings is 2. The summed E-state index contributed by atoms with van der Waals surface area (Å²) in [6, 6.07) is 13.9. The Kier molecular flexibility index (Phi) is 9.20. The Morgan fingerprint density at radius 2 is 1.75 bits per heavy atom. The first-order valence-corrected chi connectivity index (χ1v) is 12.4. The highest BCUT2D eigenvalue weighted by atomic mass is 35.5. The third kappa shape index (κ3) is 7.88. The monoisotopic (exact) mass is 516 g/mol. The van der Waals surface area contributed by atoms with Crippen LogP contribution in [0.4, 0.5) is 4.79 Å². The van der Waals surface area contributed by atoms with Crippen LogP contribution in [0.5, 0.6) is 5.75 Å². The molecule has 0 bridgehead atoms. The minimum absolute atomic E-state index is 0.165. The van der Waals surface area contributed by atoms with E-state index in [1.165, 1.54) is 6.92 Å². The Labute approximate surface area is 216 Å². The average Bonchev–Trinajstić information content (AvgIpc) is 3.26. The minimum atomic E-state index is -1.29. The van der Waals surface area contributed by atoms with Gasteiger partial charge in [-0.15, -0.1) is 0 Å². The number of amides is 2. The summed E-state index contributed by atoms with van der Waals surface area (Å²) in [5, 5.41) is 3.45. The number of hydrogen-bond donors (Lipinski definition) is 1. The molecule has 9 heteroatoms. The predicted molar refractivity (Wildman–Crippen MR) is 136 cm³/mol. The predicted octanol–water partition coefficient (Wildman–Crippen LogP) is 4.84. The van der Waals surface area contributed by atoms with Crippen molar-refractivity contribution in [2.24, 2.45) is 5.92 Å². The first-order valence-electron chi connectivity index (χ1n) is 12.0. The van der Waals surface area contributed by atoms with Gasteiger partial charge in [0.1, 0.15) is 5.75 Å². The molecule has 2 amide bonds. The van der Waals surface area contributed by atoms with Gasteiger partial charge in [-0.25, -0.2) is 9.59 Å². The van der Waals surface area contributed by atoms with Crippen molar-refractivity contribution in [1.82, 2.24) is 10.2 Å². The highest BCUT2D eigenvalue weighted by molar-refractivity contribution is 6.30. The topological polar surface area (TPSA) is 94.2 Å². The van der Waals surface area contributed by atoms with Gasteiger partial charge >= 0.3 is 12.1 Å². The first-order chi connectivity index (χ1) is 17.0. The Morgan fingerprint density at radius 1 is 1.08 bits per heavy atom. The average molecular weight is 517 g/mol. The summed E-state index contributed by atoms with van der Waals surface area (Å²) in [5.74, 6) is 0.109. The maximum atomic E-state index is 12.6. The summed E-state index contributed by atoms with van der Waals surface area (Å²) in [5.41, 5.74) is 0.250. The van der Waals surface area contributed by atoms with Crippen LogP contribution in [0, 0.1) is 5.92 Å². The van der Waals surface area contributed by atoms with Gasteiger partial charge in [0, 0.05) is 37.1 Å². The van der Waals surface area contributed by atoms with E-state index in [0.29, 0.717) is 48.3 Å². The van der Waals surface area contributed by atoms with Gasteiger partial charge in [0.2, 0.25) is 6.29 Å². The lowest BCUT2D eigenvalue weighted by Crippen LogP contribution is -2.42. The summed E-state index contributed by atoms with van der Waals surface area (Å²) >= 11 is 5.85. The van der Waals surface area contributed by atoms with Gasteiger partial charge < -0.3 is 24.4 Å². The molecule has 194 valence electrons. The molecule has 2 aromatic carbocycles. The normalized spacial score (nSPS) is 16.2. The van der Waals surface area contributed by atoms with Crippen LogP contribution in [0.3, 0.4) is 0 Å². The minimum Gasteiger partial charge on any atom is -0.476 e. The van der Waals surface area contributed by atoms with E-state index in [9.17, 15) is 14.4 Å². The molecule has 2 aromatic rings. The maximum Gasteiger partial charge on any atom is 0.412 e. The Morgan fingerprint density at radius 3 is 2.36 bits per heavy atom. The lowest BCUT2D eigenvalue weighted by Gasteiger charge is -2.27. The highest BCUT2D eigenvalue weighted by Crippen LogP contribution is 2.22. The molecule has 8 nitrogen and oxygen atoms in total. The van der Waals surface area contributed by atoms with Crippen molar-refractivity contribution < 1.29 is 28.6 Å². The van der Waals surface area contributed by atoms with Crippen LogP contribution in [-0.2, 0) is 20.7 Å². The molecule has 1 saturated heterocycles. The Balaban J connectivity index is 1.43. The molecule has 2 atom stereocenters. The molecule has 0 spiro atoms. The van der Waals surface area contributed by atoms with Crippen molar-refractivity contribution in [2.45, 2.75) is 52.4 Å². The number of carbonyl (C=O) groups excluding carboxylic acids is 3. The molecule has 0 radical (unpaired) electrons. The number of ether oxygens (including phenoxy) is 3. The third-order valence-corrected chi connectivity index (χ3v) is 6.07. The van der Waals surface area contributed by atoms with Crippen molar-refractivity contribution in [3.05, 3.63) is 64.7 Å². The molecule has 3 rings (SSSR count). The van der Waals surface area contributed by atoms with E-state index in [-0.39, 0.29) is 5.91 Å². The fraction of sp³-hybridized carbons (Fsp3) is 0.444. The van der Waals surface area contributed by atoms with E-state index in [1.807, 2.05) is 12.1 Å². The number of nitrogens with zero attached hydrogens (tertiary/aromatic N) is 1. The van der Waals surface area contributed by atoms with Crippen molar-refractivity contribution in [1.29, 1.82) is 0 Å². The molecule has 0 aliphatic carbocycles. The number of rotatable bonds is 9. The third-order valence-electron chi connectivity index (χ3n) is 5.82. The van der Waals surface area contributed by atoms with Gasteiger partial charge in [-0.1, -0.05) is 30.7 Å². The second kappa shape index (κ2) is 12.1. The summed E-state index contributed by atoms with van der Waals surface area (Å²) in [7, 11) is 0. The van der Waals surface area contributed by atoms with Crippen LogP contribution < -0.4 is 10.1 Å². The molecular weight excluding hydrogens is 484 g/mol. The van der Waals surface area contributed by atoms with Crippen molar-refractivity contribution in [2.75, 3.05) is 19.6 Å². The number of esters is 1. The molecule has 1 aliphatic rings. The number of likely N-dealkylation sites (tertiary alicyclic amines) is 1. The molecule has 0 aromatic heterocycles. The van der Waals surface area contributed by atoms with Gasteiger partial charge in [-0.05, 0) is 74.6 Å². The second-order valence-electron chi connectivity index (χ2n) is 9.47. The van der Waals surface area contributed by atoms with Crippen molar-refractivity contribution >= 4 is 29.6 Å². The summed E-state index contributed by atoms with van der Waals surface area (Å²) in [6.45, 7) is 8.50. The zero-order chi connectivity index (χ0) is 26.3. The molecule has 1 N–H and O–H groups in total. The molecule has 1 fully saturated rings. The van der Waals surface area contributed by atoms with Crippen LogP contribution in [0.25, 0.3) is 0 Å². The van der Waals surface area contributed by atoms with E-state index < -0.39 is 24.0 Å². The smallest absolute Gasteiger partial charge is 0.412 e. The van der Waals surface area contributed by atoms with E-state index >= 15 is 0 Å². The van der Waals surface area contributed by atoms with Gasteiger partial charge in [0.05, 0.1) is 0 Å². The quantitative estimate of drug-likeness (QED) is 0.378. The van der Waals surface area contributed by atoms with Gasteiger partial charge in [0.25, 0.3) is 5.91 Å². The molecule has 1 aliphatic heterocycles. The zero-order valence-electron chi connectivity index (χ0n) is 21.1. The number of halogens is 1. The van der Waals surface area contributed by atoms with E-state index in [0.717, 1.165) is 12.0 Å². The fourth-order valence-corrected chi connectivity index (χ4v) is 3.84. The molecular formula is C27H33ClN2O6. The summed E-state index contributed by atoms with van der Waals surface area (Å²) in [4.78, 5) is 38.6. The fourth-order valence-electron chi connectivity index (χ4n) is 3.72. The lowest BCUT2D eigenvalue weighted by molar-refractivity contribution is -0.181. The number of nitrogens with one attached hydrogen (secondary N) is 1. The second-order valence-corrected chi connectivity index (χ2v) is 9.90. The lowest BCUT2D eigenvalue weighted by atomic mass is 10.1. The van der Waals surface area contributed by atoms with Crippen LogP contribution in [-0.4, -0.2) is 54.4 Å². The van der Waals surface area contributed by atoms with Crippen LogP contribution in [0.15, 0.2) is 48.5 Å². The van der Waals surface area contributed by atoms with Crippen LogP contribution >= 0.6 is 11.6 Å². The summed E-state index contributed by atoms with van der Waals surface area (Å²) in [6.07, 6.45) is 0.0394. The van der Waals surface area contributed by atoms with Gasteiger partial charge in [-0.2, -0.15) is 0 Å². The first kappa shape index (κ1) is 27.3. The standard InChI is InChI=1S/C27H33ClN2O6/c1-18-14-16-30(17-18)26(33)35-19(2)34-25(32)27(3,4)36-23-11-5-20(6-12-23)13-15-29-24(31)21-7-9-22(28)10-8-21/h5-12,18-19H,13-17H2,1-4H3,(H,29,31)/t18-,19?/m1/s1. The maximum absolute atomic E-state index is 12.6. The molecule has 0 saturated carbocycles. The molecule has 1 heterocycles. The van der Waals surface area contributed by atoms with E-state index in [1.54, 1.807) is 55.1 Å². The van der Waals surface area contributed by atoms with E-state index in [4.69, 9.17) is 25.8 Å². The number of carbonyl (C=O) groups is 3. The van der Waals surface area contributed by atoms with Gasteiger partial charge in [-0.3, -0.25) is 4.79 Å². The Hall–Kier alpha value is -3.26. The van der Waals surface area contributed by atoms with E-state index in [2.05, 4.69) is 12.2 Å². The summed E-state index contributed by atoms with van der Waals surface area (Å²) < 4.78 is 16.4. The van der Waals surface area contributed by atoms with Crippen LogP contribution in [0.2, 0.25) is 5.02 Å². The SMILES string of the molecule is CC(OC(=O)N1CC[C@@H](C)C1)OC(=O)C(C)(C)Oc1ccc(CCNC(=O)c2ccc(Cl)cc2)cc1. The zero-order valence-corrected chi connectivity index (χ0v) is 21.8. The highest BCUT2D eigenvalue weighted by Gasteiger charge is 2.34. The largest absolute Gasteiger partial charge is 0.476 e. The van der Waals surface area contributed by atoms with Crippen LogP contribution in [0.1, 0.15) is 50.0 Å². The van der Waals surface area contributed by atoms with Gasteiger partial charge in [0.15, 0.2) is 5.60 Å².